The molecular formula is C21H29IN4O2S. The molecule has 158 valence electrons. The SMILES string of the molecule is CCNC(=NCc1ccc(Oc2ccc(OC)cc2)nc1)NCC1CCCS1.I. The van der Waals surface area contributed by atoms with E-state index in [2.05, 4.69) is 27.5 Å². The summed E-state index contributed by atoms with van der Waals surface area (Å²) in [4.78, 5) is 9.05. The van der Waals surface area contributed by atoms with Crippen molar-refractivity contribution in [3.8, 4) is 17.4 Å². The van der Waals surface area contributed by atoms with Crippen LogP contribution < -0.4 is 20.1 Å². The van der Waals surface area contributed by atoms with Crippen molar-refractivity contribution in [2.75, 3.05) is 26.0 Å². The first kappa shape index (κ1) is 23.6. The predicted octanol–water partition coefficient (Wildman–Crippen LogP) is 4.45. The highest BCUT2D eigenvalue weighted by Gasteiger charge is 2.15. The Morgan fingerprint density at radius 1 is 1.17 bits per heavy atom. The van der Waals surface area contributed by atoms with Crippen molar-refractivity contribution in [2.45, 2.75) is 31.6 Å². The Labute approximate surface area is 194 Å². The number of pyridine rings is 1. The molecule has 2 N–H and O–H groups in total. The first-order valence-corrected chi connectivity index (χ1v) is 10.7. The molecule has 1 saturated heterocycles. The average molecular weight is 528 g/mol. The minimum atomic E-state index is 0. The number of aliphatic imine (C=N–C) groups is 1. The smallest absolute Gasteiger partial charge is 0.219 e. The van der Waals surface area contributed by atoms with Crippen LogP contribution in [-0.2, 0) is 6.54 Å². The molecule has 6 nitrogen and oxygen atoms in total. The Bertz CT molecular complexity index is 750. The Kier molecular flexibility index (Phi) is 10.4. The number of nitrogens with zero attached hydrogens (tertiary/aromatic N) is 2. The molecule has 1 aromatic carbocycles. The third-order valence-corrected chi connectivity index (χ3v) is 5.76. The van der Waals surface area contributed by atoms with Gasteiger partial charge in [0.1, 0.15) is 11.5 Å². The molecule has 1 aliphatic rings. The van der Waals surface area contributed by atoms with Gasteiger partial charge in [0.15, 0.2) is 5.96 Å². The van der Waals surface area contributed by atoms with E-state index in [1.54, 1.807) is 13.3 Å². The first-order chi connectivity index (χ1) is 13.8. The number of thioether (sulfide) groups is 1. The fourth-order valence-electron chi connectivity index (χ4n) is 2.86. The van der Waals surface area contributed by atoms with Gasteiger partial charge in [-0.05, 0) is 55.3 Å². The lowest BCUT2D eigenvalue weighted by Crippen LogP contribution is -2.40. The zero-order chi connectivity index (χ0) is 19.6. The van der Waals surface area contributed by atoms with Crippen LogP contribution in [0.25, 0.3) is 0 Å². The van der Waals surface area contributed by atoms with Crippen molar-refractivity contribution in [3.63, 3.8) is 0 Å². The van der Waals surface area contributed by atoms with Gasteiger partial charge in [-0.15, -0.1) is 24.0 Å². The van der Waals surface area contributed by atoms with Gasteiger partial charge in [0.05, 0.1) is 13.7 Å². The van der Waals surface area contributed by atoms with Gasteiger partial charge >= 0.3 is 0 Å². The van der Waals surface area contributed by atoms with E-state index in [-0.39, 0.29) is 24.0 Å². The van der Waals surface area contributed by atoms with Gasteiger partial charge < -0.3 is 20.1 Å². The van der Waals surface area contributed by atoms with E-state index in [1.807, 2.05) is 48.2 Å². The third kappa shape index (κ3) is 7.93. The molecule has 3 rings (SSSR count). The lowest BCUT2D eigenvalue weighted by Gasteiger charge is -2.14. The van der Waals surface area contributed by atoms with Gasteiger partial charge in [0.2, 0.25) is 5.88 Å². The summed E-state index contributed by atoms with van der Waals surface area (Å²) in [6, 6.07) is 11.3. The highest BCUT2D eigenvalue weighted by molar-refractivity contribution is 14.0. The van der Waals surface area contributed by atoms with Crippen LogP contribution >= 0.6 is 35.7 Å². The van der Waals surface area contributed by atoms with E-state index in [4.69, 9.17) is 9.47 Å². The Hall–Kier alpha value is -1.68. The summed E-state index contributed by atoms with van der Waals surface area (Å²) in [5, 5.41) is 7.45. The second kappa shape index (κ2) is 12.8. The molecule has 1 aliphatic heterocycles. The number of rotatable bonds is 8. The molecule has 0 bridgehead atoms. The molecular weight excluding hydrogens is 499 g/mol. The summed E-state index contributed by atoms with van der Waals surface area (Å²) in [6.07, 6.45) is 4.41. The normalized spacial score (nSPS) is 16.1. The van der Waals surface area contributed by atoms with Gasteiger partial charge in [-0.1, -0.05) is 6.07 Å². The maximum absolute atomic E-state index is 5.76. The molecule has 1 fully saturated rings. The van der Waals surface area contributed by atoms with Crippen molar-refractivity contribution < 1.29 is 9.47 Å². The van der Waals surface area contributed by atoms with Gasteiger partial charge in [0, 0.05) is 30.6 Å². The number of halogens is 1. The second-order valence-corrected chi connectivity index (χ2v) is 7.90. The van der Waals surface area contributed by atoms with Crippen LogP contribution in [0.2, 0.25) is 0 Å². The maximum atomic E-state index is 5.76. The standard InChI is InChI=1S/C21H28N4O2S.HI/c1-3-22-21(25-15-19-5-4-12-28-19)24-14-16-6-11-20(23-13-16)27-18-9-7-17(26-2)8-10-18;/h6-11,13,19H,3-5,12,14-15H2,1-2H3,(H2,22,24,25);1H. The molecule has 2 aromatic rings. The van der Waals surface area contributed by atoms with Crippen LogP contribution in [0.5, 0.6) is 17.4 Å². The van der Waals surface area contributed by atoms with Crippen LogP contribution in [0, 0.1) is 0 Å². The van der Waals surface area contributed by atoms with E-state index in [1.165, 1.54) is 18.6 Å². The van der Waals surface area contributed by atoms with Crippen LogP contribution in [0.3, 0.4) is 0 Å². The summed E-state index contributed by atoms with van der Waals surface area (Å²) >= 11 is 2.04. The molecule has 1 aromatic heterocycles. The number of nitrogens with one attached hydrogen (secondary N) is 2. The van der Waals surface area contributed by atoms with Gasteiger partial charge in [-0.2, -0.15) is 11.8 Å². The molecule has 0 aliphatic carbocycles. The zero-order valence-electron chi connectivity index (χ0n) is 16.9. The highest BCUT2D eigenvalue weighted by Crippen LogP contribution is 2.25. The monoisotopic (exact) mass is 528 g/mol. The lowest BCUT2D eigenvalue weighted by atomic mass is 10.2. The van der Waals surface area contributed by atoms with Crippen LogP contribution in [0.1, 0.15) is 25.3 Å². The summed E-state index contributed by atoms with van der Waals surface area (Å²) < 4.78 is 10.9. The van der Waals surface area contributed by atoms with E-state index in [0.717, 1.165) is 36.1 Å². The van der Waals surface area contributed by atoms with Gasteiger partial charge in [0.25, 0.3) is 0 Å². The van der Waals surface area contributed by atoms with Gasteiger partial charge in [-0.3, -0.25) is 0 Å². The largest absolute Gasteiger partial charge is 0.497 e. The molecule has 0 saturated carbocycles. The summed E-state index contributed by atoms with van der Waals surface area (Å²) in [6.45, 7) is 4.46. The van der Waals surface area contributed by atoms with Crippen molar-refractivity contribution in [2.24, 2.45) is 4.99 Å². The Morgan fingerprint density at radius 3 is 2.59 bits per heavy atom. The Balaban J connectivity index is 0.00000300. The molecule has 29 heavy (non-hydrogen) atoms. The number of ether oxygens (including phenoxy) is 2. The summed E-state index contributed by atoms with van der Waals surface area (Å²) in [7, 11) is 1.64. The predicted molar refractivity (Wildman–Crippen MR) is 131 cm³/mol. The topological polar surface area (TPSA) is 67.8 Å². The number of hydrogen-bond acceptors (Lipinski definition) is 5. The molecule has 1 atom stereocenters. The van der Waals surface area contributed by atoms with Crippen LogP contribution in [-0.4, -0.2) is 42.1 Å². The molecule has 0 spiro atoms. The lowest BCUT2D eigenvalue weighted by molar-refractivity contribution is 0.412. The van der Waals surface area contributed by atoms with E-state index in [9.17, 15) is 0 Å². The molecule has 1 unspecified atom stereocenters. The number of benzene rings is 1. The highest BCUT2D eigenvalue weighted by atomic mass is 127. The second-order valence-electron chi connectivity index (χ2n) is 6.49. The van der Waals surface area contributed by atoms with Crippen LogP contribution in [0.15, 0.2) is 47.6 Å². The number of guanidine groups is 1. The Morgan fingerprint density at radius 2 is 1.97 bits per heavy atom. The van der Waals surface area contributed by atoms with Crippen molar-refractivity contribution in [3.05, 3.63) is 48.2 Å². The molecule has 0 radical (unpaired) electrons. The minimum Gasteiger partial charge on any atom is -0.497 e. The van der Waals surface area contributed by atoms with Crippen LogP contribution in [0.4, 0.5) is 0 Å². The number of aromatic nitrogens is 1. The van der Waals surface area contributed by atoms with Crippen molar-refractivity contribution >= 4 is 41.7 Å². The fraction of sp³-hybridized carbons (Fsp3) is 0.429. The molecule has 2 heterocycles. The summed E-state index contributed by atoms with van der Waals surface area (Å²) in [5.74, 6) is 4.21. The average Bonchev–Trinajstić information content (AvgIpc) is 3.25. The first-order valence-electron chi connectivity index (χ1n) is 9.67. The van der Waals surface area contributed by atoms with E-state index in [0.29, 0.717) is 17.7 Å². The van der Waals surface area contributed by atoms with E-state index >= 15 is 0 Å². The molecule has 8 heteroatoms. The minimum absolute atomic E-state index is 0. The summed E-state index contributed by atoms with van der Waals surface area (Å²) in [5.41, 5.74) is 1.04. The van der Waals surface area contributed by atoms with E-state index < -0.39 is 0 Å². The number of methoxy groups -OCH3 is 1. The quantitative estimate of drug-likeness (QED) is 0.300. The maximum Gasteiger partial charge on any atom is 0.219 e. The molecule has 0 amide bonds. The van der Waals surface area contributed by atoms with Crippen molar-refractivity contribution in [1.82, 2.24) is 15.6 Å². The third-order valence-electron chi connectivity index (χ3n) is 4.36. The number of hydrogen-bond donors (Lipinski definition) is 2. The van der Waals surface area contributed by atoms with Gasteiger partial charge in [-0.25, -0.2) is 9.98 Å². The zero-order valence-corrected chi connectivity index (χ0v) is 20.0. The van der Waals surface area contributed by atoms with Crippen molar-refractivity contribution in [1.29, 1.82) is 0 Å². The fourth-order valence-corrected chi connectivity index (χ4v) is 4.06.